The fourth-order valence-electron chi connectivity index (χ4n) is 4.90. The van der Waals surface area contributed by atoms with E-state index in [2.05, 4.69) is 21.4 Å². The molecule has 202 valence electrons. The first-order valence-electron chi connectivity index (χ1n) is 12.5. The van der Waals surface area contributed by atoms with Crippen molar-refractivity contribution in [1.29, 1.82) is 0 Å². The summed E-state index contributed by atoms with van der Waals surface area (Å²) >= 11 is 0. The number of carbonyl (C=O) groups excluding carboxylic acids is 2. The third kappa shape index (κ3) is 5.01. The second-order valence-electron chi connectivity index (χ2n) is 9.34. The van der Waals surface area contributed by atoms with Crippen LogP contribution in [0.2, 0.25) is 0 Å². The van der Waals surface area contributed by atoms with Crippen molar-refractivity contribution in [3.8, 4) is 0 Å². The lowest BCUT2D eigenvalue weighted by molar-refractivity contribution is 0.0676. The van der Waals surface area contributed by atoms with Crippen LogP contribution in [0.25, 0.3) is 10.9 Å². The molecular formula is C26H26F2N8O3. The third-order valence-electron chi connectivity index (χ3n) is 6.79. The molecule has 3 aliphatic heterocycles. The molecular weight excluding hydrogens is 510 g/mol. The molecule has 3 N–H and O–H groups in total. The van der Waals surface area contributed by atoms with Crippen LogP contribution in [-0.2, 0) is 4.74 Å². The number of hydrogen-bond donors (Lipinski definition) is 3. The molecule has 0 spiro atoms. The number of rotatable bonds is 5. The van der Waals surface area contributed by atoms with Crippen LogP contribution in [0.4, 0.5) is 25.0 Å². The van der Waals surface area contributed by atoms with Gasteiger partial charge in [0.15, 0.2) is 11.6 Å². The number of nitrogens with zero attached hydrogens (tertiary/aromatic N) is 5. The maximum absolute atomic E-state index is 15.3. The van der Waals surface area contributed by atoms with Gasteiger partial charge in [-0.1, -0.05) is 24.3 Å². The van der Waals surface area contributed by atoms with Crippen molar-refractivity contribution in [3.05, 3.63) is 78.3 Å². The van der Waals surface area contributed by atoms with Crippen molar-refractivity contribution in [1.82, 2.24) is 31.4 Å². The third-order valence-corrected chi connectivity index (χ3v) is 6.79. The first-order chi connectivity index (χ1) is 19.0. The Kier molecular flexibility index (Phi) is 6.59. The van der Waals surface area contributed by atoms with Gasteiger partial charge in [0, 0.05) is 49.6 Å². The number of para-hydroxylation sites is 1. The van der Waals surface area contributed by atoms with Crippen molar-refractivity contribution in [2.45, 2.75) is 6.10 Å². The monoisotopic (exact) mass is 536 g/mol. The molecule has 2 fully saturated rings. The van der Waals surface area contributed by atoms with E-state index < -0.39 is 23.8 Å². The van der Waals surface area contributed by atoms with Crippen LogP contribution in [0, 0.1) is 11.6 Å². The number of halogens is 2. The zero-order valence-corrected chi connectivity index (χ0v) is 20.8. The number of fused-ring (bicyclic) bond motifs is 1. The van der Waals surface area contributed by atoms with Crippen LogP contribution in [-0.4, -0.2) is 72.4 Å². The molecule has 0 unspecified atom stereocenters. The molecule has 6 rings (SSSR count). The summed E-state index contributed by atoms with van der Waals surface area (Å²) in [4.78, 5) is 32.7. The number of pyridine rings is 1. The predicted octanol–water partition coefficient (Wildman–Crippen LogP) is 2.10. The van der Waals surface area contributed by atoms with Crippen LogP contribution >= 0.6 is 0 Å². The van der Waals surface area contributed by atoms with Crippen LogP contribution in [0.5, 0.6) is 0 Å². The number of aromatic nitrogens is 1. The number of hydrazine groups is 3. The van der Waals surface area contributed by atoms with Gasteiger partial charge in [-0.05, 0) is 12.1 Å². The van der Waals surface area contributed by atoms with E-state index in [1.807, 2.05) is 30.3 Å². The van der Waals surface area contributed by atoms with Gasteiger partial charge >= 0.3 is 6.09 Å². The van der Waals surface area contributed by atoms with E-state index in [0.29, 0.717) is 12.1 Å². The summed E-state index contributed by atoms with van der Waals surface area (Å²) in [6.45, 7) is 1.43. The molecule has 1 atom stereocenters. The van der Waals surface area contributed by atoms with Crippen molar-refractivity contribution < 1.29 is 23.1 Å². The SMILES string of the molecule is O=C(c1ccc2ccccc2n1)N1CCN(c2c(F)cc(N3C[C@H](CN4C=CNN4)OC3=O)cc2F)CCN1. The number of ether oxygens (including phenoxy) is 1. The molecule has 13 heteroatoms. The minimum Gasteiger partial charge on any atom is -0.442 e. The van der Waals surface area contributed by atoms with E-state index >= 15 is 8.78 Å². The lowest BCUT2D eigenvalue weighted by Gasteiger charge is -2.25. The second-order valence-corrected chi connectivity index (χ2v) is 9.34. The Bertz CT molecular complexity index is 1430. The van der Waals surface area contributed by atoms with E-state index in [1.54, 1.807) is 28.4 Å². The molecule has 39 heavy (non-hydrogen) atoms. The number of nitrogens with one attached hydrogen (secondary N) is 3. The molecule has 11 nitrogen and oxygen atoms in total. The first kappa shape index (κ1) is 24.8. The highest BCUT2D eigenvalue weighted by molar-refractivity contribution is 5.94. The average Bonchev–Trinajstić information content (AvgIpc) is 3.50. The van der Waals surface area contributed by atoms with Gasteiger partial charge in [-0.25, -0.2) is 24.0 Å². The number of benzene rings is 2. The molecule has 2 amide bonds. The molecule has 3 aliphatic rings. The molecule has 0 saturated carbocycles. The summed E-state index contributed by atoms with van der Waals surface area (Å²) < 4.78 is 36.0. The highest BCUT2D eigenvalue weighted by Crippen LogP contribution is 2.31. The summed E-state index contributed by atoms with van der Waals surface area (Å²) in [5.41, 5.74) is 9.53. The fraction of sp³-hybridized carbons (Fsp3) is 0.269. The molecule has 1 aromatic heterocycles. The summed E-state index contributed by atoms with van der Waals surface area (Å²) in [5, 5.41) is 4.04. The minimum absolute atomic E-state index is 0.0800. The lowest BCUT2D eigenvalue weighted by atomic mass is 10.2. The van der Waals surface area contributed by atoms with Gasteiger partial charge in [0.25, 0.3) is 5.91 Å². The molecule has 2 aromatic carbocycles. The van der Waals surface area contributed by atoms with Crippen LogP contribution < -0.4 is 26.2 Å². The summed E-state index contributed by atoms with van der Waals surface area (Å²) in [6.07, 6.45) is 2.27. The Labute approximate surface area is 222 Å². The standard InChI is InChI=1S/C26H26F2N8O3/c27-20-13-18(35-16-19(39-26(35)38)15-34-10-7-29-32-34)14-21(28)24(20)33-9-8-30-36(12-11-33)25(37)23-6-5-17-3-1-2-4-22(17)31-23/h1-7,10,13-14,19,29-30,32H,8-9,11-12,15-16H2/t19-/m0/s1. The zero-order valence-electron chi connectivity index (χ0n) is 20.8. The Hall–Kier alpha value is -4.49. The van der Waals surface area contributed by atoms with Gasteiger partial charge in [0.2, 0.25) is 0 Å². The Balaban J connectivity index is 1.14. The quantitative estimate of drug-likeness (QED) is 0.452. The fourth-order valence-corrected chi connectivity index (χ4v) is 4.90. The average molecular weight is 537 g/mol. The number of carbonyl (C=O) groups is 2. The van der Waals surface area contributed by atoms with Gasteiger partial charge in [-0.15, -0.1) is 5.53 Å². The molecule has 2 saturated heterocycles. The molecule has 3 aromatic rings. The second kappa shape index (κ2) is 10.3. The topological polar surface area (TPSA) is 105 Å². The van der Waals surface area contributed by atoms with Crippen molar-refractivity contribution in [2.75, 3.05) is 49.1 Å². The number of anilines is 2. The maximum atomic E-state index is 15.3. The van der Waals surface area contributed by atoms with Crippen LogP contribution in [0.3, 0.4) is 0 Å². The Morgan fingerprint density at radius 2 is 1.90 bits per heavy atom. The molecule has 0 bridgehead atoms. The smallest absolute Gasteiger partial charge is 0.414 e. The Morgan fingerprint density at radius 3 is 2.69 bits per heavy atom. The van der Waals surface area contributed by atoms with Gasteiger partial charge in [-0.3, -0.25) is 19.7 Å². The van der Waals surface area contributed by atoms with E-state index in [0.717, 1.165) is 17.5 Å². The summed E-state index contributed by atoms with van der Waals surface area (Å²) in [6, 6.07) is 13.3. The first-order valence-corrected chi connectivity index (χ1v) is 12.5. The van der Waals surface area contributed by atoms with Crippen LogP contribution in [0.15, 0.2) is 60.9 Å². The largest absolute Gasteiger partial charge is 0.442 e. The molecule has 0 radical (unpaired) electrons. The maximum Gasteiger partial charge on any atom is 0.414 e. The van der Waals surface area contributed by atoms with Gasteiger partial charge in [-0.2, -0.15) is 0 Å². The predicted molar refractivity (Wildman–Crippen MR) is 139 cm³/mol. The van der Waals surface area contributed by atoms with Crippen molar-refractivity contribution >= 4 is 34.3 Å². The lowest BCUT2D eigenvalue weighted by Crippen LogP contribution is -2.44. The zero-order chi connectivity index (χ0) is 26.9. The van der Waals surface area contributed by atoms with Gasteiger partial charge in [0.1, 0.15) is 17.5 Å². The van der Waals surface area contributed by atoms with E-state index in [9.17, 15) is 9.59 Å². The van der Waals surface area contributed by atoms with E-state index in [-0.39, 0.29) is 55.7 Å². The normalized spacial score (nSPS) is 19.4. The van der Waals surface area contributed by atoms with E-state index in [1.165, 1.54) is 9.91 Å². The van der Waals surface area contributed by atoms with Gasteiger partial charge in [0.05, 0.1) is 30.8 Å². The van der Waals surface area contributed by atoms with Crippen LogP contribution in [0.1, 0.15) is 10.5 Å². The highest BCUT2D eigenvalue weighted by Gasteiger charge is 2.35. The Morgan fingerprint density at radius 1 is 1.08 bits per heavy atom. The molecule has 4 heterocycles. The minimum atomic E-state index is -0.800. The van der Waals surface area contributed by atoms with Crippen molar-refractivity contribution in [2.24, 2.45) is 0 Å². The number of amides is 2. The number of hydrogen-bond acceptors (Lipinski definition) is 9. The van der Waals surface area contributed by atoms with Crippen molar-refractivity contribution in [3.63, 3.8) is 0 Å². The molecule has 0 aliphatic carbocycles. The van der Waals surface area contributed by atoms with E-state index in [4.69, 9.17) is 4.74 Å². The van der Waals surface area contributed by atoms with Gasteiger partial charge < -0.3 is 15.1 Å². The summed E-state index contributed by atoms with van der Waals surface area (Å²) in [7, 11) is 0. The number of cyclic esters (lactones) is 1. The highest BCUT2D eigenvalue weighted by atomic mass is 19.1. The summed E-state index contributed by atoms with van der Waals surface area (Å²) in [5.74, 6) is -1.92.